The van der Waals surface area contributed by atoms with E-state index in [-0.39, 0.29) is 0 Å². The topological polar surface area (TPSA) is 165 Å². The SMILES string of the molecule is NC1=NC(O)(C(=O)C(O)C(O)CO)C(=O)N1. The van der Waals surface area contributed by atoms with Gasteiger partial charge >= 0.3 is 5.72 Å². The minimum atomic E-state index is -2.86. The second-order valence-corrected chi connectivity index (χ2v) is 3.18. The van der Waals surface area contributed by atoms with Crippen LogP contribution in [0.15, 0.2) is 4.99 Å². The fourth-order valence-electron chi connectivity index (χ4n) is 1.10. The molecule has 90 valence electrons. The Morgan fingerprint density at radius 3 is 2.50 bits per heavy atom. The lowest BCUT2D eigenvalue weighted by molar-refractivity contribution is -0.159. The van der Waals surface area contributed by atoms with Crippen LogP contribution in [0.1, 0.15) is 0 Å². The number of guanidine groups is 1. The van der Waals surface area contributed by atoms with Crippen LogP contribution < -0.4 is 11.1 Å². The third kappa shape index (κ3) is 1.88. The number of nitrogens with one attached hydrogen (secondary N) is 1. The highest BCUT2D eigenvalue weighted by Crippen LogP contribution is 2.16. The molecule has 0 fully saturated rings. The van der Waals surface area contributed by atoms with E-state index in [4.69, 9.17) is 15.9 Å². The number of ketones is 1. The lowest BCUT2D eigenvalue weighted by Crippen LogP contribution is -2.54. The zero-order chi connectivity index (χ0) is 12.5. The molecule has 3 unspecified atom stereocenters. The summed E-state index contributed by atoms with van der Waals surface area (Å²) >= 11 is 0. The van der Waals surface area contributed by atoms with Gasteiger partial charge < -0.3 is 26.2 Å². The fraction of sp³-hybridized carbons (Fsp3) is 0.571. The quantitative estimate of drug-likeness (QED) is 0.266. The smallest absolute Gasteiger partial charge is 0.303 e. The van der Waals surface area contributed by atoms with Gasteiger partial charge in [-0.1, -0.05) is 0 Å². The average Bonchev–Trinajstić information content (AvgIpc) is 2.50. The Balaban J connectivity index is 2.93. The maximum atomic E-state index is 11.4. The van der Waals surface area contributed by atoms with Gasteiger partial charge in [0, 0.05) is 0 Å². The second-order valence-electron chi connectivity index (χ2n) is 3.18. The number of nitrogens with two attached hydrogens (primary N) is 1. The maximum Gasteiger partial charge on any atom is 0.303 e. The van der Waals surface area contributed by atoms with Crippen molar-refractivity contribution in [3.8, 4) is 0 Å². The first-order valence-electron chi connectivity index (χ1n) is 4.23. The lowest BCUT2D eigenvalue weighted by atomic mass is 10.0. The number of Topliss-reactive ketones (excluding diaryl/α,β-unsaturated/α-hetero) is 1. The number of carbonyl (C=O) groups excluding carboxylic acids is 2. The van der Waals surface area contributed by atoms with Crippen LogP contribution in [0.2, 0.25) is 0 Å². The molecule has 0 aromatic rings. The van der Waals surface area contributed by atoms with Gasteiger partial charge in [0.05, 0.1) is 6.61 Å². The first kappa shape index (κ1) is 12.5. The molecule has 1 aliphatic rings. The third-order valence-electron chi connectivity index (χ3n) is 2.00. The zero-order valence-electron chi connectivity index (χ0n) is 7.99. The van der Waals surface area contributed by atoms with Crippen LogP contribution in [-0.2, 0) is 9.59 Å². The van der Waals surface area contributed by atoms with E-state index < -0.39 is 42.2 Å². The van der Waals surface area contributed by atoms with Crippen LogP contribution in [0.4, 0.5) is 0 Å². The summed E-state index contributed by atoms with van der Waals surface area (Å²) in [5.74, 6) is -3.17. The predicted octanol–water partition coefficient (Wildman–Crippen LogP) is -4.60. The Bertz CT molecular complexity index is 356. The molecule has 9 nitrogen and oxygen atoms in total. The molecule has 0 radical (unpaired) electrons. The van der Waals surface area contributed by atoms with Crippen molar-refractivity contribution in [3.05, 3.63) is 0 Å². The molecule has 16 heavy (non-hydrogen) atoms. The number of carbonyl (C=O) groups is 2. The first-order chi connectivity index (χ1) is 7.32. The largest absolute Gasteiger partial charge is 0.394 e. The number of rotatable bonds is 4. The molecule has 1 heterocycles. The highest BCUT2D eigenvalue weighted by molar-refractivity contribution is 6.19. The minimum Gasteiger partial charge on any atom is -0.394 e. The summed E-state index contributed by atoms with van der Waals surface area (Å²) in [5.41, 5.74) is 2.20. The Labute approximate surface area is 89.2 Å². The van der Waals surface area contributed by atoms with Gasteiger partial charge in [0.1, 0.15) is 12.2 Å². The Morgan fingerprint density at radius 2 is 2.12 bits per heavy atom. The molecule has 1 aliphatic heterocycles. The molecule has 9 heteroatoms. The van der Waals surface area contributed by atoms with Crippen LogP contribution >= 0.6 is 0 Å². The van der Waals surface area contributed by atoms with Crippen LogP contribution in [0, 0.1) is 0 Å². The van der Waals surface area contributed by atoms with Gasteiger partial charge in [-0.3, -0.25) is 14.9 Å². The van der Waals surface area contributed by atoms with E-state index in [0.29, 0.717) is 0 Å². The van der Waals surface area contributed by atoms with Gasteiger partial charge in [-0.25, -0.2) is 4.99 Å². The Morgan fingerprint density at radius 1 is 1.56 bits per heavy atom. The summed E-state index contributed by atoms with van der Waals surface area (Å²) < 4.78 is 0. The molecule has 0 aromatic heterocycles. The summed E-state index contributed by atoms with van der Waals surface area (Å²) in [7, 11) is 0. The Hall–Kier alpha value is -1.55. The standard InChI is InChI=1S/C7H11N3O6/c8-6-9-5(15)7(16,10-6)4(14)3(13)2(12)1-11/h2-3,11-13,16H,1H2,(H3,8,9,10,15). The number of aliphatic hydroxyl groups excluding tert-OH is 3. The number of aliphatic imine (C=N–C) groups is 1. The van der Waals surface area contributed by atoms with E-state index >= 15 is 0 Å². The van der Waals surface area contributed by atoms with E-state index in [9.17, 15) is 19.8 Å². The number of hydrogen-bond acceptors (Lipinski definition) is 8. The highest BCUT2D eigenvalue weighted by atomic mass is 16.4. The number of amides is 1. The van der Waals surface area contributed by atoms with Gasteiger partial charge in [-0.2, -0.15) is 0 Å². The van der Waals surface area contributed by atoms with Crippen molar-refractivity contribution in [1.82, 2.24) is 5.32 Å². The molecular weight excluding hydrogens is 222 g/mol. The second kappa shape index (κ2) is 4.14. The van der Waals surface area contributed by atoms with Crippen LogP contribution in [0.5, 0.6) is 0 Å². The molecule has 1 rings (SSSR count). The van der Waals surface area contributed by atoms with Gasteiger partial charge in [-0.15, -0.1) is 0 Å². The molecule has 0 aliphatic carbocycles. The molecule has 0 saturated heterocycles. The van der Waals surface area contributed by atoms with Gasteiger partial charge in [0.2, 0.25) is 5.78 Å². The molecule has 7 N–H and O–H groups in total. The van der Waals surface area contributed by atoms with Gasteiger partial charge in [0.15, 0.2) is 5.96 Å². The third-order valence-corrected chi connectivity index (χ3v) is 2.00. The molecule has 0 saturated carbocycles. The van der Waals surface area contributed by atoms with Crippen molar-refractivity contribution in [2.45, 2.75) is 17.9 Å². The molecular formula is C7H11N3O6. The van der Waals surface area contributed by atoms with Gasteiger partial charge in [-0.05, 0) is 0 Å². The van der Waals surface area contributed by atoms with Crippen molar-refractivity contribution >= 4 is 17.6 Å². The first-order valence-corrected chi connectivity index (χ1v) is 4.23. The van der Waals surface area contributed by atoms with Crippen molar-refractivity contribution in [3.63, 3.8) is 0 Å². The molecule has 0 aromatic carbocycles. The fourth-order valence-corrected chi connectivity index (χ4v) is 1.10. The van der Waals surface area contributed by atoms with E-state index in [0.717, 1.165) is 0 Å². The van der Waals surface area contributed by atoms with Gasteiger partial charge in [0.25, 0.3) is 5.91 Å². The van der Waals surface area contributed by atoms with E-state index in [1.807, 2.05) is 5.32 Å². The van der Waals surface area contributed by atoms with Crippen molar-refractivity contribution in [2.24, 2.45) is 10.7 Å². The van der Waals surface area contributed by atoms with Crippen LogP contribution in [0.3, 0.4) is 0 Å². The van der Waals surface area contributed by atoms with Crippen molar-refractivity contribution < 1.29 is 30.0 Å². The normalized spacial score (nSPS) is 28.2. The summed E-state index contributed by atoms with van der Waals surface area (Å²) in [4.78, 5) is 25.7. The molecule has 0 spiro atoms. The van der Waals surface area contributed by atoms with Crippen molar-refractivity contribution in [1.29, 1.82) is 0 Å². The number of nitrogens with zero attached hydrogens (tertiary/aromatic N) is 1. The Kier molecular flexibility index (Phi) is 3.24. The van der Waals surface area contributed by atoms with Crippen LogP contribution in [0.25, 0.3) is 0 Å². The number of hydrogen-bond donors (Lipinski definition) is 6. The van der Waals surface area contributed by atoms with E-state index in [1.165, 1.54) is 0 Å². The summed E-state index contributed by atoms with van der Waals surface area (Å²) in [6.07, 6.45) is -3.96. The molecule has 0 bridgehead atoms. The minimum absolute atomic E-state index is 0.480. The summed E-state index contributed by atoms with van der Waals surface area (Å²) in [5, 5.41) is 38.1. The zero-order valence-corrected chi connectivity index (χ0v) is 7.99. The van der Waals surface area contributed by atoms with Crippen molar-refractivity contribution in [2.75, 3.05) is 6.61 Å². The monoisotopic (exact) mass is 233 g/mol. The molecule has 1 amide bonds. The predicted molar refractivity (Wildman–Crippen MR) is 48.8 cm³/mol. The highest BCUT2D eigenvalue weighted by Gasteiger charge is 2.52. The maximum absolute atomic E-state index is 11.4. The molecule has 3 atom stereocenters. The van der Waals surface area contributed by atoms with E-state index in [2.05, 4.69) is 4.99 Å². The summed E-state index contributed by atoms with van der Waals surface area (Å²) in [6, 6.07) is 0. The number of aliphatic hydroxyl groups is 4. The van der Waals surface area contributed by atoms with Crippen LogP contribution in [-0.4, -0.2) is 62.6 Å². The lowest BCUT2D eigenvalue weighted by Gasteiger charge is -2.20. The average molecular weight is 233 g/mol. The summed E-state index contributed by atoms with van der Waals surface area (Å²) in [6.45, 7) is -0.913. The van der Waals surface area contributed by atoms with E-state index in [1.54, 1.807) is 0 Å².